The van der Waals surface area contributed by atoms with Gasteiger partial charge in [0.1, 0.15) is 0 Å². The molecular formula is C111H234N12O17. The van der Waals surface area contributed by atoms with Crippen LogP contribution in [0.15, 0.2) is 0 Å². The largest absolute Gasteiger partial charge is 0.381 e. The van der Waals surface area contributed by atoms with Crippen molar-refractivity contribution in [1.29, 1.82) is 0 Å². The van der Waals surface area contributed by atoms with Crippen molar-refractivity contribution < 1.29 is 81.2 Å². The maximum Gasteiger partial charge on any atom is 0.222 e. The normalized spacial score (nSPS) is 9.77. The van der Waals surface area contributed by atoms with Crippen molar-refractivity contribution in [3.05, 3.63) is 0 Å². The van der Waals surface area contributed by atoms with Crippen LogP contribution in [0, 0.1) is 0 Å². The lowest BCUT2D eigenvalue weighted by Crippen LogP contribution is -2.25. The van der Waals surface area contributed by atoms with Gasteiger partial charge >= 0.3 is 0 Å². The second kappa shape index (κ2) is 155. The molecule has 29 nitrogen and oxygen atoms in total. The van der Waals surface area contributed by atoms with Crippen LogP contribution in [0.25, 0.3) is 0 Å². The van der Waals surface area contributed by atoms with Crippen molar-refractivity contribution in [3.63, 3.8) is 0 Å². The van der Waals surface area contributed by atoms with Crippen LogP contribution >= 0.6 is 0 Å². The van der Waals surface area contributed by atoms with Crippen LogP contribution in [0.3, 0.4) is 0 Å². The van der Waals surface area contributed by atoms with Gasteiger partial charge in [-0.2, -0.15) is 0 Å². The number of carbonyl (C=O) groups is 12. The first-order valence-electron chi connectivity index (χ1n) is 56.8. The van der Waals surface area contributed by atoms with Crippen molar-refractivity contribution in [2.45, 2.75) is 506 Å². The van der Waals surface area contributed by atoms with Gasteiger partial charge in [-0.1, -0.05) is 275 Å². The molecule has 0 aliphatic rings. The van der Waals surface area contributed by atoms with Crippen LogP contribution < -0.4 is 63.8 Å². The van der Waals surface area contributed by atoms with Crippen molar-refractivity contribution in [2.75, 3.05) is 145 Å². The Bertz CT molecular complexity index is 2030. The summed E-state index contributed by atoms with van der Waals surface area (Å²) in [7, 11) is 0. The highest BCUT2D eigenvalue weighted by Gasteiger charge is 2.08. The molecule has 0 bridgehead atoms. The average molecular weight is 2010 g/mol. The predicted molar refractivity (Wildman–Crippen MR) is 591 cm³/mol. The molecule has 0 aromatic rings. The molecular weight excluding hydrogens is 1770 g/mol. The number of nitrogens with one attached hydrogen (secondary N) is 12. The Balaban J connectivity index is -0.000000128. The first kappa shape index (κ1) is 159. The van der Waals surface area contributed by atoms with Crippen molar-refractivity contribution >= 4 is 70.9 Å². The Hall–Kier alpha value is -6.56. The molecule has 12 N–H and O–H groups in total. The molecule has 0 aliphatic heterocycles. The second-order valence-electron chi connectivity index (χ2n) is 34.3. The number of ether oxygens (including phenoxy) is 5. The lowest BCUT2D eigenvalue weighted by Gasteiger charge is -2.03. The minimum Gasteiger partial charge on any atom is -0.381 e. The quantitative estimate of drug-likeness (QED) is 0.0252. The lowest BCUT2D eigenvalue weighted by molar-refractivity contribution is -0.123. The van der Waals surface area contributed by atoms with Gasteiger partial charge in [0.25, 0.3) is 0 Å². The highest BCUT2D eigenvalue weighted by atomic mass is 16.5. The number of hydrogen-bond donors (Lipinski definition) is 12. The Morgan fingerprint density at radius 3 is 0.343 bits per heavy atom. The summed E-state index contributed by atoms with van der Waals surface area (Å²) in [4.78, 5) is 132. The summed E-state index contributed by atoms with van der Waals surface area (Å²) in [5.74, 6) is 1.92. The summed E-state index contributed by atoms with van der Waals surface area (Å²) in [5, 5.41) is 33.9. The molecule has 0 aromatic heterocycles. The standard InChI is InChI=1S/5C10H21NO.5C9H19NO2.C9H19NO.C7H15NO/c5*1-3-5-6-7-8-10(12)11-9-4-2;5*1-3-6-10-9(11)5-8-12-7-4-2;1-3-5-6-7-9(11)10-8-4-2;1-3-5-7(9)8-6-4-2/h5*3-9H2,1-2H3,(H,11,12);5*3-8H2,1-2H3,(H,10,11);3-8H2,1-2H3,(H,10,11);3-6H2,1-2H3,(H,8,9). The van der Waals surface area contributed by atoms with Crippen molar-refractivity contribution in [2.24, 2.45) is 0 Å². The monoisotopic (exact) mass is 2010 g/mol. The van der Waals surface area contributed by atoms with E-state index < -0.39 is 0 Å². The van der Waals surface area contributed by atoms with Crippen molar-refractivity contribution in [3.8, 4) is 0 Å². The minimum atomic E-state index is 0.0907. The SMILES string of the molecule is CCCCCC(=O)NCCC.CCCCCCC(=O)NCCC.CCCCCCC(=O)NCCC.CCCCCCC(=O)NCCC.CCCCCCC(=O)NCCC.CCCCCCC(=O)NCCC.CCCNC(=O)CCC.CCCNC(=O)CCOCCC.CCCNC(=O)CCOCCC.CCCNC(=O)CCOCCC.CCCNC(=O)CCOCCC.CCCNC(=O)CCOCCC. The van der Waals surface area contributed by atoms with Crippen LogP contribution in [0.5, 0.6) is 0 Å². The van der Waals surface area contributed by atoms with Crippen molar-refractivity contribution in [1.82, 2.24) is 63.8 Å². The third-order valence-electron chi connectivity index (χ3n) is 18.7. The molecule has 0 saturated carbocycles. The van der Waals surface area contributed by atoms with Crippen LogP contribution in [0.2, 0.25) is 0 Å². The zero-order valence-corrected chi connectivity index (χ0v) is 96.0. The van der Waals surface area contributed by atoms with Crippen LogP contribution in [-0.4, -0.2) is 215 Å². The minimum absolute atomic E-state index is 0.0907. The van der Waals surface area contributed by atoms with Gasteiger partial charge in [-0.15, -0.1) is 0 Å². The molecule has 840 valence electrons. The molecule has 0 rings (SSSR count). The van der Waals surface area contributed by atoms with Gasteiger partial charge in [-0.05, 0) is 154 Å². The maximum atomic E-state index is 11.1. The van der Waals surface area contributed by atoms with Gasteiger partial charge in [-0.25, -0.2) is 0 Å². The number of hydrogen-bond acceptors (Lipinski definition) is 17. The first-order chi connectivity index (χ1) is 67.7. The molecule has 29 heteroatoms. The van der Waals surface area contributed by atoms with E-state index in [1.165, 1.54) is 109 Å². The molecule has 0 radical (unpaired) electrons. The molecule has 12 amide bonds. The number of amides is 12. The van der Waals surface area contributed by atoms with E-state index in [0.717, 1.165) is 266 Å². The maximum absolute atomic E-state index is 11.1. The number of rotatable bonds is 80. The number of unbranched alkanes of at least 4 members (excludes halogenated alkanes) is 17. The van der Waals surface area contributed by atoms with E-state index >= 15 is 0 Å². The first-order valence-corrected chi connectivity index (χ1v) is 56.8. The van der Waals surface area contributed by atoms with E-state index in [1.807, 2.05) is 48.5 Å². The van der Waals surface area contributed by atoms with Crippen LogP contribution in [0.1, 0.15) is 506 Å². The van der Waals surface area contributed by atoms with E-state index in [4.69, 9.17) is 23.7 Å². The zero-order valence-electron chi connectivity index (χ0n) is 96.0. The van der Waals surface area contributed by atoms with Gasteiger partial charge in [0, 0.05) is 189 Å². The molecule has 0 aromatic carbocycles. The van der Waals surface area contributed by atoms with Gasteiger partial charge in [0.2, 0.25) is 70.9 Å². The van der Waals surface area contributed by atoms with E-state index in [2.05, 4.69) is 182 Å². The van der Waals surface area contributed by atoms with E-state index in [0.29, 0.717) is 110 Å². The molecule has 0 unspecified atom stereocenters. The summed E-state index contributed by atoms with van der Waals surface area (Å²) in [6, 6.07) is 0. The topological polar surface area (TPSA) is 395 Å². The van der Waals surface area contributed by atoms with Crippen LogP contribution in [-0.2, 0) is 81.2 Å². The third-order valence-corrected chi connectivity index (χ3v) is 18.7. The number of carbonyl (C=O) groups excluding carboxylic acids is 12. The lowest BCUT2D eigenvalue weighted by atomic mass is 10.1. The Morgan fingerprint density at radius 1 is 0.114 bits per heavy atom. The summed E-state index contributed by atoms with van der Waals surface area (Å²) in [6.45, 7) is 66.0. The summed E-state index contributed by atoms with van der Waals surface area (Å²) in [5.41, 5.74) is 0. The van der Waals surface area contributed by atoms with E-state index in [-0.39, 0.29) is 70.9 Å². The Morgan fingerprint density at radius 2 is 0.229 bits per heavy atom. The fourth-order valence-electron chi connectivity index (χ4n) is 10.6. The highest BCUT2D eigenvalue weighted by Crippen LogP contribution is 2.07. The van der Waals surface area contributed by atoms with Gasteiger partial charge in [-0.3, -0.25) is 57.5 Å². The summed E-state index contributed by atoms with van der Waals surface area (Å²) < 4.78 is 25.9. The molecule has 0 spiro atoms. The Kier molecular flexibility index (Phi) is 176. The summed E-state index contributed by atoms with van der Waals surface area (Å²) in [6.07, 6.45) is 52.4. The van der Waals surface area contributed by atoms with Crippen LogP contribution in [0.4, 0.5) is 0 Å². The summed E-state index contributed by atoms with van der Waals surface area (Å²) >= 11 is 0. The van der Waals surface area contributed by atoms with E-state index in [9.17, 15) is 57.5 Å². The average Bonchev–Trinajstić information content (AvgIpc) is 1.10. The predicted octanol–water partition coefficient (Wildman–Crippen LogP) is 22.5. The molecule has 0 atom stereocenters. The van der Waals surface area contributed by atoms with Gasteiger partial charge < -0.3 is 87.5 Å². The zero-order chi connectivity index (χ0) is 108. The third kappa shape index (κ3) is 187. The second-order valence-corrected chi connectivity index (χ2v) is 34.3. The molecule has 140 heavy (non-hydrogen) atoms. The molecule has 0 fully saturated rings. The molecule has 0 aliphatic carbocycles. The fourth-order valence-corrected chi connectivity index (χ4v) is 10.6. The smallest absolute Gasteiger partial charge is 0.222 e. The van der Waals surface area contributed by atoms with Gasteiger partial charge in [0.15, 0.2) is 0 Å². The van der Waals surface area contributed by atoms with E-state index in [1.54, 1.807) is 0 Å². The molecule has 0 saturated heterocycles. The highest BCUT2D eigenvalue weighted by molar-refractivity contribution is 5.79. The fraction of sp³-hybridized carbons (Fsp3) is 0.892. The Labute approximate surface area is 862 Å². The molecule has 0 heterocycles. The van der Waals surface area contributed by atoms with Gasteiger partial charge in [0.05, 0.1) is 33.0 Å².